The lowest BCUT2D eigenvalue weighted by atomic mass is 10.0. The fourth-order valence-corrected chi connectivity index (χ4v) is 1.74. The molecule has 2 rings (SSSR count). The molecule has 0 amide bonds. The minimum Gasteiger partial charge on any atom is -0.496 e. The van der Waals surface area contributed by atoms with Crippen LogP contribution in [0.5, 0.6) is 5.75 Å². The third-order valence-electron chi connectivity index (χ3n) is 2.38. The lowest BCUT2D eigenvalue weighted by Gasteiger charge is -2.09. The van der Waals surface area contributed by atoms with E-state index >= 15 is 0 Å². The molecule has 0 aromatic heterocycles. The summed E-state index contributed by atoms with van der Waals surface area (Å²) in [5.41, 5.74) is 8.39. The number of rotatable bonds is 2. The Kier molecular flexibility index (Phi) is 3.02. The molecule has 3 heteroatoms. The van der Waals surface area contributed by atoms with Gasteiger partial charge in [0, 0.05) is 16.3 Å². The molecule has 0 fully saturated rings. The normalized spacial score (nSPS) is 10.1. The summed E-state index contributed by atoms with van der Waals surface area (Å²) in [6.07, 6.45) is 0. The van der Waals surface area contributed by atoms with Crippen LogP contribution in [0.4, 0.5) is 5.69 Å². The molecule has 2 nitrogen and oxygen atoms in total. The number of methoxy groups -OCH3 is 1. The molecule has 2 N–H and O–H groups in total. The molecular weight excluding hydrogens is 222 g/mol. The molecule has 2 aromatic carbocycles. The first-order chi connectivity index (χ1) is 7.70. The second-order valence-corrected chi connectivity index (χ2v) is 3.90. The van der Waals surface area contributed by atoms with Crippen molar-refractivity contribution in [2.24, 2.45) is 0 Å². The highest BCUT2D eigenvalue weighted by atomic mass is 35.5. The minimum atomic E-state index is 0.688. The van der Waals surface area contributed by atoms with Crippen LogP contribution >= 0.6 is 11.6 Å². The van der Waals surface area contributed by atoms with Gasteiger partial charge in [0.1, 0.15) is 5.75 Å². The van der Waals surface area contributed by atoms with Crippen LogP contribution in [0.1, 0.15) is 0 Å². The van der Waals surface area contributed by atoms with Gasteiger partial charge in [-0.3, -0.25) is 0 Å². The van der Waals surface area contributed by atoms with E-state index in [0.717, 1.165) is 22.6 Å². The van der Waals surface area contributed by atoms with Crippen molar-refractivity contribution in [2.75, 3.05) is 12.8 Å². The van der Waals surface area contributed by atoms with Crippen LogP contribution in [0, 0.1) is 0 Å². The molecule has 0 aliphatic heterocycles. The molecule has 0 heterocycles. The molecule has 0 radical (unpaired) electrons. The second-order valence-electron chi connectivity index (χ2n) is 3.47. The zero-order chi connectivity index (χ0) is 11.5. The van der Waals surface area contributed by atoms with Gasteiger partial charge in [-0.05, 0) is 35.9 Å². The SMILES string of the molecule is COc1ccc(Cl)cc1-c1ccc(N)cc1. The molecule has 2 aromatic rings. The number of benzene rings is 2. The smallest absolute Gasteiger partial charge is 0.126 e. The summed E-state index contributed by atoms with van der Waals surface area (Å²) in [5, 5.41) is 0.688. The first-order valence-corrected chi connectivity index (χ1v) is 5.28. The molecule has 0 unspecified atom stereocenters. The topological polar surface area (TPSA) is 35.2 Å². The Hall–Kier alpha value is -1.67. The average molecular weight is 234 g/mol. The maximum absolute atomic E-state index is 5.97. The van der Waals surface area contributed by atoms with Gasteiger partial charge in [-0.1, -0.05) is 23.7 Å². The highest BCUT2D eigenvalue weighted by Crippen LogP contribution is 2.32. The fraction of sp³-hybridized carbons (Fsp3) is 0.0769. The number of hydrogen-bond donors (Lipinski definition) is 1. The number of anilines is 1. The maximum Gasteiger partial charge on any atom is 0.126 e. The van der Waals surface area contributed by atoms with Crippen molar-refractivity contribution in [2.45, 2.75) is 0 Å². The van der Waals surface area contributed by atoms with Crippen LogP contribution in [0.15, 0.2) is 42.5 Å². The molecule has 0 atom stereocenters. The first kappa shape index (κ1) is 10.8. The summed E-state index contributed by atoms with van der Waals surface area (Å²) >= 11 is 5.97. The zero-order valence-electron chi connectivity index (χ0n) is 8.91. The van der Waals surface area contributed by atoms with Gasteiger partial charge in [-0.15, -0.1) is 0 Å². The molecule has 0 saturated heterocycles. The van der Waals surface area contributed by atoms with Crippen LogP contribution in [0.2, 0.25) is 5.02 Å². The molecule has 0 bridgehead atoms. The van der Waals surface area contributed by atoms with E-state index in [2.05, 4.69) is 0 Å². The quantitative estimate of drug-likeness (QED) is 0.805. The van der Waals surface area contributed by atoms with Gasteiger partial charge in [-0.2, -0.15) is 0 Å². The summed E-state index contributed by atoms with van der Waals surface area (Å²) < 4.78 is 5.30. The van der Waals surface area contributed by atoms with Crippen molar-refractivity contribution in [1.82, 2.24) is 0 Å². The van der Waals surface area contributed by atoms with Gasteiger partial charge < -0.3 is 10.5 Å². The van der Waals surface area contributed by atoms with Crippen molar-refractivity contribution in [3.05, 3.63) is 47.5 Å². The lowest BCUT2D eigenvalue weighted by Crippen LogP contribution is -1.89. The highest BCUT2D eigenvalue weighted by molar-refractivity contribution is 6.31. The number of hydrogen-bond acceptors (Lipinski definition) is 2. The monoisotopic (exact) mass is 233 g/mol. The van der Waals surface area contributed by atoms with Gasteiger partial charge in [0.25, 0.3) is 0 Å². The number of nitrogen functional groups attached to an aromatic ring is 1. The average Bonchev–Trinajstić information content (AvgIpc) is 2.30. The van der Waals surface area contributed by atoms with Crippen molar-refractivity contribution < 1.29 is 4.74 Å². The standard InChI is InChI=1S/C13H12ClNO/c1-16-13-7-4-10(14)8-12(13)9-2-5-11(15)6-3-9/h2-8H,15H2,1H3. The van der Waals surface area contributed by atoms with Crippen molar-refractivity contribution in [3.63, 3.8) is 0 Å². The lowest BCUT2D eigenvalue weighted by molar-refractivity contribution is 0.416. The van der Waals surface area contributed by atoms with Gasteiger partial charge >= 0.3 is 0 Å². The summed E-state index contributed by atoms with van der Waals surface area (Å²) in [4.78, 5) is 0. The van der Waals surface area contributed by atoms with Crippen molar-refractivity contribution >= 4 is 17.3 Å². The van der Waals surface area contributed by atoms with Gasteiger partial charge in [0.15, 0.2) is 0 Å². The van der Waals surface area contributed by atoms with Gasteiger partial charge in [0.05, 0.1) is 7.11 Å². The van der Waals surface area contributed by atoms with Gasteiger partial charge in [0.2, 0.25) is 0 Å². The van der Waals surface area contributed by atoms with E-state index in [-0.39, 0.29) is 0 Å². The van der Waals surface area contributed by atoms with E-state index in [0.29, 0.717) is 5.02 Å². The Labute approximate surface area is 99.6 Å². The van der Waals surface area contributed by atoms with Crippen molar-refractivity contribution in [3.8, 4) is 16.9 Å². The minimum absolute atomic E-state index is 0.688. The molecule has 0 aliphatic carbocycles. The Morgan fingerprint density at radius 3 is 2.38 bits per heavy atom. The zero-order valence-corrected chi connectivity index (χ0v) is 9.66. The second kappa shape index (κ2) is 4.45. The van der Waals surface area contributed by atoms with E-state index in [1.807, 2.05) is 36.4 Å². The molecule has 0 saturated carbocycles. The first-order valence-electron chi connectivity index (χ1n) is 4.90. The fourth-order valence-electron chi connectivity index (χ4n) is 1.57. The summed E-state index contributed by atoms with van der Waals surface area (Å²) in [6.45, 7) is 0. The van der Waals surface area contributed by atoms with Crippen LogP contribution in [-0.2, 0) is 0 Å². The molecule has 0 spiro atoms. The number of ether oxygens (including phenoxy) is 1. The van der Waals surface area contributed by atoms with E-state index in [4.69, 9.17) is 22.1 Å². The van der Waals surface area contributed by atoms with Crippen LogP contribution < -0.4 is 10.5 Å². The van der Waals surface area contributed by atoms with E-state index < -0.39 is 0 Å². The Bertz CT molecular complexity index is 494. The molecular formula is C13H12ClNO. The number of halogens is 1. The van der Waals surface area contributed by atoms with Gasteiger partial charge in [-0.25, -0.2) is 0 Å². The molecule has 16 heavy (non-hydrogen) atoms. The predicted molar refractivity (Wildman–Crippen MR) is 67.9 cm³/mol. The van der Waals surface area contributed by atoms with E-state index in [1.54, 1.807) is 13.2 Å². The van der Waals surface area contributed by atoms with E-state index in [1.165, 1.54) is 0 Å². The van der Waals surface area contributed by atoms with Crippen LogP contribution in [0.25, 0.3) is 11.1 Å². The highest BCUT2D eigenvalue weighted by Gasteiger charge is 2.06. The third kappa shape index (κ3) is 2.12. The predicted octanol–water partition coefficient (Wildman–Crippen LogP) is 3.60. The third-order valence-corrected chi connectivity index (χ3v) is 2.62. The maximum atomic E-state index is 5.97. The number of nitrogens with two attached hydrogens (primary N) is 1. The Balaban J connectivity index is 2.53. The van der Waals surface area contributed by atoms with Crippen molar-refractivity contribution in [1.29, 1.82) is 0 Å². The van der Waals surface area contributed by atoms with Crippen LogP contribution in [-0.4, -0.2) is 7.11 Å². The largest absolute Gasteiger partial charge is 0.496 e. The van der Waals surface area contributed by atoms with E-state index in [9.17, 15) is 0 Å². The summed E-state index contributed by atoms with van der Waals surface area (Å²) in [6, 6.07) is 13.2. The Morgan fingerprint density at radius 2 is 1.75 bits per heavy atom. The summed E-state index contributed by atoms with van der Waals surface area (Å²) in [7, 11) is 1.64. The molecule has 0 aliphatic rings. The summed E-state index contributed by atoms with van der Waals surface area (Å²) in [5.74, 6) is 0.800. The van der Waals surface area contributed by atoms with Crippen LogP contribution in [0.3, 0.4) is 0 Å². The molecule has 82 valence electrons. The Morgan fingerprint density at radius 1 is 1.06 bits per heavy atom.